The first kappa shape index (κ1) is 13.7. The number of ether oxygens (including phenoxy) is 1. The van der Waals surface area contributed by atoms with Crippen LogP contribution >= 0.6 is 0 Å². The van der Waals surface area contributed by atoms with Gasteiger partial charge >= 0.3 is 5.97 Å². The summed E-state index contributed by atoms with van der Waals surface area (Å²) in [5.41, 5.74) is 7.87. The molecule has 5 nitrogen and oxygen atoms in total. The molecule has 0 bridgehead atoms. The lowest BCUT2D eigenvalue weighted by molar-refractivity contribution is 0.0601. The number of anilines is 2. The first-order chi connectivity index (χ1) is 9.11. The minimum atomic E-state index is -0.367. The molecule has 0 saturated carbocycles. The smallest absolute Gasteiger partial charge is 0.337 e. The maximum absolute atomic E-state index is 11.4. The molecule has 0 radical (unpaired) electrons. The van der Waals surface area contributed by atoms with Crippen LogP contribution in [0.15, 0.2) is 18.2 Å². The Morgan fingerprint density at radius 3 is 2.95 bits per heavy atom. The first-order valence-corrected chi connectivity index (χ1v) is 6.53. The average Bonchev–Trinajstić information content (AvgIpc) is 2.82. The largest absolute Gasteiger partial charge is 0.465 e. The molecule has 1 aliphatic heterocycles. The van der Waals surface area contributed by atoms with Gasteiger partial charge in [-0.1, -0.05) is 0 Å². The van der Waals surface area contributed by atoms with Gasteiger partial charge in [0.2, 0.25) is 0 Å². The van der Waals surface area contributed by atoms with E-state index in [1.165, 1.54) is 20.0 Å². The molecule has 1 aromatic rings. The van der Waals surface area contributed by atoms with Gasteiger partial charge in [-0.25, -0.2) is 4.79 Å². The third-order valence-electron chi connectivity index (χ3n) is 3.67. The number of likely N-dealkylation sites (N-methyl/N-ethyl adjacent to an activating group) is 1. The number of nitrogens with one attached hydrogen (secondary N) is 1. The number of hydrogen-bond acceptors (Lipinski definition) is 5. The fourth-order valence-corrected chi connectivity index (χ4v) is 2.43. The van der Waals surface area contributed by atoms with Gasteiger partial charge in [-0.2, -0.15) is 0 Å². The van der Waals surface area contributed by atoms with Crippen LogP contribution in [0.5, 0.6) is 0 Å². The SMILES string of the molecule is COC(=O)c1ccc(NCC2CCCN2C)c(N)c1. The summed E-state index contributed by atoms with van der Waals surface area (Å²) in [6.45, 7) is 2.03. The zero-order valence-electron chi connectivity index (χ0n) is 11.5. The van der Waals surface area contributed by atoms with Crippen molar-refractivity contribution in [1.29, 1.82) is 0 Å². The molecule has 0 aliphatic carbocycles. The number of likely N-dealkylation sites (tertiary alicyclic amines) is 1. The number of benzene rings is 1. The van der Waals surface area contributed by atoms with Crippen molar-refractivity contribution in [3.05, 3.63) is 23.8 Å². The maximum Gasteiger partial charge on any atom is 0.337 e. The Labute approximate surface area is 113 Å². The average molecular weight is 263 g/mol. The number of methoxy groups -OCH3 is 1. The summed E-state index contributed by atoms with van der Waals surface area (Å²) in [5, 5.41) is 3.35. The molecule has 1 heterocycles. The molecule has 2 rings (SSSR count). The molecular formula is C14H21N3O2. The molecule has 1 atom stereocenters. The summed E-state index contributed by atoms with van der Waals surface area (Å²) in [6.07, 6.45) is 2.46. The Morgan fingerprint density at radius 2 is 2.37 bits per heavy atom. The van der Waals surface area contributed by atoms with E-state index in [-0.39, 0.29) is 5.97 Å². The molecular weight excluding hydrogens is 242 g/mol. The van der Waals surface area contributed by atoms with Crippen LogP contribution in [0.4, 0.5) is 11.4 Å². The fourth-order valence-electron chi connectivity index (χ4n) is 2.43. The van der Waals surface area contributed by atoms with Gasteiger partial charge in [-0.15, -0.1) is 0 Å². The molecule has 1 aromatic carbocycles. The second kappa shape index (κ2) is 5.93. The molecule has 1 fully saturated rings. The summed E-state index contributed by atoms with van der Waals surface area (Å²) in [7, 11) is 3.50. The van der Waals surface area contributed by atoms with Crippen molar-refractivity contribution in [2.75, 3.05) is 38.3 Å². The molecule has 1 unspecified atom stereocenters. The van der Waals surface area contributed by atoms with Gasteiger partial charge in [0.1, 0.15) is 0 Å². The molecule has 19 heavy (non-hydrogen) atoms. The zero-order chi connectivity index (χ0) is 13.8. The number of nitrogens with zero attached hydrogens (tertiary/aromatic N) is 1. The van der Waals surface area contributed by atoms with E-state index in [1.54, 1.807) is 12.1 Å². The summed E-state index contributed by atoms with van der Waals surface area (Å²) in [4.78, 5) is 13.7. The number of esters is 1. The lowest BCUT2D eigenvalue weighted by Gasteiger charge is -2.21. The summed E-state index contributed by atoms with van der Waals surface area (Å²) < 4.78 is 4.66. The predicted octanol–water partition coefficient (Wildman–Crippen LogP) is 1.56. The van der Waals surface area contributed by atoms with E-state index in [2.05, 4.69) is 22.0 Å². The maximum atomic E-state index is 11.4. The van der Waals surface area contributed by atoms with Crippen LogP contribution in [0, 0.1) is 0 Å². The van der Waals surface area contributed by atoms with Crippen LogP contribution < -0.4 is 11.1 Å². The van der Waals surface area contributed by atoms with E-state index in [1.807, 2.05) is 6.07 Å². The van der Waals surface area contributed by atoms with Crippen LogP contribution in [0.3, 0.4) is 0 Å². The van der Waals surface area contributed by atoms with Crippen molar-refractivity contribution in [3.63, 3.8) is 0 Å². The van der Waals surface area contributed by atoms with Crippen LogP contribution in [0.25, 0.3) is 0 Å². The van der Waals surface area contributed by atoms with E-state index >= 15 is 0 Å². The van der Waals surface area contributed by atoms with Crippen LogP contribution in [-0.2, 0) is 4.74 Å². The van der Waals surface area contributed by atoms with Crippen molar-refractivity contribution >= 4 is 17.3 Å². The van der Waals surface area contributed by atoms with Crippen molar-refractivity contribution in [2.45, 2.75) is 18.9 Å². The molecule has 1 saturated heterocycles. The normalized spacial score (nSPS) is 19.4. The van der Waals surface area contributed by atoms with Crippen LogP contribution in [-0.4, -0.2) is 44.2 Å². The highest BCUT2D eigenvalue weighted by atomic mass is 16.5. The van der Waals surface area contributed by atoms with Crippen molar-refractivity contribution in [3.8, 4) is 0 Å². The van der Waals surface area contributed by atoms with Crippen molar-refractivity contribution in [2.24, 2.45) is 0 Å². The van der Waals surface area contributed by atoms with E-state index < -0.39 is 0 Å². The summed E-state index contributed by atoms with van der Waals surface area (Å²) in [6, 6.07) is 5.76. The van der Waals surface area contributed by atoms with E-state index in [0.717, 1.165) is 18.8 Å². The molecule has 104 valence electrons. The number of hydrogen-bond donors (Lipinski definition) is 2. The second-order valence-electron chi connectivity index (χ2n) is 4.95. The molecule has 1 aliphatic rings. The third kappa shape index (κ3) is 3.17. The van der Waals surface area contributed by atoms with Crippen LogP contribution in [0.2, 0.25) is 0 Å². The number of carbonyl (C=O) groups is 1. The minimum absolute atomic E-state index is 0.367. The number of nitrogens with two attached hydrogens (primary N) is 1. The summed E-state index contributed by atoms with van der Waals surface area (Å²) >= 11 is 0. The molecule has 0 aromatic heterocycles. The number of carbonyl (C=O) groups excluding carboxylic acids is 1. The van der Waals surface area contributed by atoms with Gasteiger partial charge in [0.25, 0.3) is 0 Å². The lowest BCUT2D eigenvalue weighted by Crippen LogP contribution is -2.31. The first-order valence-electron chi connectivity index (χ1n) is 6.53. The topological polar surface area (TPSA) is 67.6 Å². The van der Waals surface area contributed by atoms with Gasteiger partial charge in [-0.3, -0.25) is 0 Å². The Hall–Kier alpha value is -1.75. The van der Waals surface area contributed by atoms with Crippen molar-refractivity contribution in [1.82, 2.24) is 4.90 Å². The Bertz CT molecular complexity index is 462. The lowest BCUT2D eigenvalue weighted by atomic mass is 10.1. The van der Waals surface area contributed by atoms with Gasteiger partial charge in [0, 0.05) is 12.6 Å². The van der Waals surface area contributed by atoms with E-state index in [0.29, 0.717) is 17.3 Å². The van der Waals surface area contributed by atoms with Gasteiger partial charge in [-0.05, 0) is 44.6 Å². The Balaban J connectivity index is 1.99. The molecule has 5 heteroatoms. The van der Waals surface area contributed by atoms with Gasteiger partial charge < -0.3 is 20.7 Å². The third-order valence-corrected chi connectivity index (χ3v) is 3.67. The van der Waals surface area contributed by atoms with Crippen LogP contribution in [0.1, 0.15) is 23.2 Å². The highest BCUT2D eigenvalue weighted by Crippen LogP contribution is 2.22. The van der Waals surface area contributed by atoms with Gasteiger partial charge in [0.05, 0.1) is 24.0 Å². The van der Waals surface area contributed by atoms with Gasteiger partial charge in [0.15, 0.2) is 0 Å². The standard InChI is InChI=1S/C14H21N3O2/c1-17-7-3-4-11(17)9-16-13-6-5-10(8-12(13)15)14(18)19-2/h5-6,8,11,16H,3-4,7,9,15H2,1-2H3. The monoisotopic (exact) mass is 263 g/mol. The molecule has 0 spiro atoms. The Morgan fingerprint density at radius 1 is 1.58 bits per heavy atom. The minimum Gasteiger partial charge on any atom is -0.465 e. The Kier molecular flexibility index (Phi) is 4.27. The molecule has 3 N–H and O–H groups in total. The quantitative estimate of drug-likeness (QED) is 0.637. The van der Waals surface area contributed by atoms with E-state index in [4.69, 9.17) is 5.73 Å². The molecule has 0 amide bonds. The van der Waals surface area contributed by atoms with E-state index in [9.17, 15) is 4.79 Å². The number of nitrogen functional groups attached to an aromatic ring is 1. The highest BCUT2D eigenvalue weighted by molar-refractivity contribution is 5.91. The highest BCUT2D eigenvalue weighted by Gasteiger charge is 2.20. The zero-order valence-corrected chi connectivity index (χ0v) is 11.5. The predicted molar refractivity (Wildman–Crippen MR) is 76.3 cm³/mol. The summed E-state index contributed by atoms with van der Waals surface area (Å²) in [5.74, 6) is -0.367. The van der Waals surface area contributed by atoms with Crippen molar-refractivity contribution < 1.29 is 9.53 Å². The fraction of sp³-hybridized carbons (Fsp3) is 0.500. The second-order valence-corrected chi connectivity index (χ2v) is 4.95. The number of rotatable bonds is 4.